The van der Waals surface area contributed by atoms with Crippen molar-refractivity contribution in [3.63, 3.8) is 0 Å². The van der Waals surface area contributed by atoms with E-state index in [0.29, 0.717) is 6.07 Å². The van der Waals surface area contributed by atoms with E-state index >= 15 is 0 Å². The maximum absolute atomic E-state index is 12.6. The number of benzene rings is 1. The lowest BCUT2D eigenvalue weighted by molar-refractivity contribution is -0.385. The summed E-state index contributed by atoms with van der Waals surface area (Å²) in [5.74, 6) is 0. The predicted molar refractivity (Wildman–Crippen MR) is 71.9 cm³/mol. The third-order valence-electron chi connectivity index (χ3n) is 2.64. The molecule has 0 aliphatic rings. The standard InChI is InChI=1S/C13H8F3N3O3/c14-13(15,16)11-7-9(17-12(20)18-11)6-5-8-3-1-2-4-10(8)19(21)22/h1-7H,(H,17,18,20)/b6-5+. The minimum atomic E-state index is -4.72. The van der Waals surface area contributed by atoms with Crippen molar-refractivity contribution >= 4 is 17.8 Å². The number of nitrogens with one attached hydrogen (secondary N) is 1. The third kappa shape index (κ3) is 3.57. The van der Waals surface area contributed by atoms with Gasteiger partial charge in [-0.3, -0.25) is 10.1 Å². The Balaban J connectivity index is 2.42. The summed E-state index contributed by atoms with van der Waals surface area (Å²) in [5, 5.41) is 10.8. The summed E-state index contributed by atoms with van der Waals surface area (Å²) in [4.78, 5) is 26.3. The number of aromatic nitrogens is 2. The fourth-order valence-electron chi connectivity index (χ4n) is 1.68. The number of H-pyrrole nitrogens is 1. The molecule has 0 unspecified atom stereocenters. The van der Waals surface area contributed by atoms with Crippen LogP contribution in [-0.4, -0.2) is 14.9 Å². The molecular weight excluding hydrogens is 303 g/mol. The summed E-state index contributed by atoms with van der Waals surface area (Å²) >= 11 is 0. The molecule has 22 heavy (non-hydrogen) atoms. The van der Waals surface area contributed by atoms with Gasteiger partial charge < -0.3 is 4.98 Å². The Morgan fingerprint density at radius 1 is 1.23 bits per heavy atom. The molecule has 0 aliphatic heterocycles. The van der Waals surface area contributed by atoms with E-state index in [4.69, 9.17) is 0 Å². The van der Waals surface area contributed by atoms with Gasteiger partial charge in [-0.2, -0.15) is 18.2 Å². The Morgan fingerprint density at radius 3 is 2.55 bits per heavy atom. The number of hydrogen-bond acceptors (Lipinski definition) is 4. The molecule has 1 aromatic carbocycles. The number of aromatic amines is 1. The van der Waals surface area contributed by atoms with Crippen LogP contribution in [0.3, 0.4) is 0 Å². The molecule has 1 heterocycles. The van der Waals surface area contributed by atoms with Crippen LogP contribution in [0.1, 0.15) is 17.0 Å². The van der Waals surface area contributed by atoms with Crippen LogP contribution in [0.25, 0.3) is 12.2 Å². The van der Waals surface area contributed by atoms with E-state index in [1.54, 1.807) is 11.1 Å². The van der Waals surface area contributed by atoms with Gasteiger partial charge in [0.2, 0.25) is 0 Å². The quantitative estimate of drug-likeness (QED) is 0.697. The van der Waals surface area contributed by atoms with Crippen LogP contribution < -0.4 is 5.69 Å². The first-order valence-electron chi connectivity index (χ1n) is 5.87. The fraction of sp³-hybridized carbons (Fsp3) is 0.0769. The highest BCUT2D eigenvalue weighted by atomic mass is 19.4. The summed E-state index contributed by atoms with van der Waals surface area (Å²) in [5.41, 5.74) is -2.68. The molecule has 2 rings (SSSR count). The van der Waals surface area contributed by atoms with Crippen LogP contribution >= 0.6 is 0 Å². The lowest BCUT2D eigenvalue weighted by Gasteiger charge is -2.05. The van der Waals surface area contributed by atoms with Crippen molar-refractivity contribution in [1.82, 2.24) is 9.97 Å². The lowest BCUT2D eigenvalue weighted by atomic mass is 10.1. The number of para-hydroxylation sites is 1. The summed E-state index contributed by atoms with van der Waals surface area (Å²) in [6, 6.07) is 6.33. The van der Waals surface area contributed by atoms with Crippen molar-refractivity contribution in [2.75, 3.05) is 0 Å². The van der Waals surface area contributed by atoms with Gasteiger partial charge in [-0.25, -0.2) is 4.79 Å². The van der Waals surface area contributed by atoms with E-state index in [1.807, 2.05) is 0 Å². The molecule has 9 heteroatoms. The van der Waals surface area contributed by atoms with Gasteiger partial charge in [0.15, 0.2) is 0 Å². The average Bonchev–Trinajstić information content (AvgIpc) is 2.44. The molecule has 0 spiro atoms. The minimum absolute atomic E-state index is 0.183. The van der Waals surface area contributed by atoms with Crippen LogP contribution in [0.2, 0.25) is 0 Å². The van der Waals surface area contributed by atoms with E-state index in [1.165, 1.54) is 24.3 Å². The molecule has 1 N–H and O–H groups in total. The normalized spacial score (nSPS) is 11.8. The fourth-order valence-corrected chi connectivity index (χ4v) is 1.68. The molecule has 0 saturated carbocycles. The highest BCUT2D eigenvalue weighted by Crippen LogP contribution is 2.27. The van der Waals surface area contributed by atoms with Crippen molar-refractivity contribution < 1.29 is 18.1 Å². The zero-order valence-electron chi connectivity index (χ0n) is 10.8. The highest BCUT2D eigenvalue weighted by molar-refractivity contribution is 5.72. The molecule has 0 bridgehead atoms. The van der Waals surface area contributed by atoms with Crippen molar-refractivity contribution in [2.24, 2.45) is 0 Å². The second-order valence-electron chi connectivity index (χ2n) is 4.17. The van der Waals surface area contributed by atoms with Gasteiger partial charge in [0.05, 0.1) is 16.2 Å². The second-order valence-corrected chi connectivity index (χ2v) is 4.17. The maximum atomic E-state index is 12.6. The van der Waals surface area contributed by atoms with Gasteiger partial charge in [0.25, 0.3) is 5.69 Å². The van der Waals surface area contributed by atoms with E-state index in [2.05, 4.69) is 4.98 Å². The van der Waals surface area contributed by atoms with Gasteiger partial charge in [-0.1, -0.05) is 12.1 Å². The Hall–Kier alpha value is -2.97. The highest BCUT2D eigenvalue weighted by Gasteiger charge is 2.32. The first-order chi connectivity index (χ1) is 10.3. The van der Waals surface area contributed by atoms with E-state index < -0.39 is 22.5 Å². The van der Waals surface area contributed by atoms with Gasteiger partial charge in [0, 0.05) is 6.07 Å². The number of alkyl halides is 3. The molecule has 0 radical (unpaired) electrons. The number of nitrogens with zero attached hydrogens (tertiary/aromatic N) is 2. The van der Waals surface area contributed by atoms with Crippen molar-refractivity contribution in [3.05, 3.63) is 67.9 Å². The van der Waals surface area contributed by atoms with Gasteiger partial charge in [-0.05, 0) is 24.3 Å². The topological polar surface area (TPSA) is 88.9 Å². The number of halogens is 3. The summed E-state index contributed by atoms with van der Waals surface area (Å²) in [6.45, 7) is 0. The predicted octanol–water partition coefficient (Wildman–Crippen LogP) is 2.87. The zero-order chi connectivity index (χ0) is 16.3. The van der Waals surface area contributed by atoms with Crippen molar-refractivity contribution in [2.45, 2.75) is 6.18 Å². The smallest absolute Gasteiger partial charge is 0.302 e. The molecule has 0 saturated heterocycles. The van der Waals surface area contributed by atoms with Crippen LogP contribution in [-0.2, 0) is 6.18 Å². The molecule has 1 aromatic heterocycles. The third-order valence-corrected chi connectivity index (χ3v) is 2.64. The Morgan fingerprint density at radius 2 is 1.91 bits per heavy atom. The second kappa shape index (κ2) is 5.80. The van der Waals surface area contributed by atoms with Crippen molar-refractivity contribution in [1.29, 1.82) is 0 Å². The summed E-state index contributed by atoms with van der Waals surface area (Å²) in [7, 11) is 0. The molecule has 0 aliphatic carbocycles. The van der Waals surface area contributed by atoms with Gasteiger partial charge in [0.1, 0.15) is 5.69 Å². The molecule has 6 nitrogen and oxygen atoms in total. The van der Waals surface area contributed by atoms with E-state index in [-0.39, 0.29) is 16.9 Å². The molecule has 0 amide bonds. The van der Waals surface area contributed by atoms with Crippen LogP contribution in [0, 0.1) is 10.1 Å². The first-order valence-corrected chi connectivity index (χ1v) is 5.87. The summed E-state index contributed by atoms with van der Waals surface area (Å²) < 4.78 is 37.7. The number of nitro benzene ring substituents is 1. The summed E-state index contributed by atoms with van der Waals surface area (Å²) in [6.07, 6.45) is -2.39. The van der Waals surface area contributed by atoms with Crippen LogP contribution in [0.4, 0.5) is 18.9 Å². The number of hydrogen-bond donors (Lipinski definition) is 1. The van der Waals surface area contributed by atoms with E-state index in [9.17, 15) is 28.1 Å². The first kappa shape index (κ1) is 15.4. The van der Waals surface area contributed by atoms with Gasteiger partial charge in [-0.15, -0.1) is 0 Å². The average molecular weight is 311 g/mol. The number of rotatable bonds is 3. The number of nitro groups is 1. The van der Waals surface area contributed by atoms with Crippen molar-refractivity contribution in [3.8, 4) is 0 Å². The molecule has 0 fully saturated rings. The Labute approximate surface area is 121 Å². The molecule has 0 atom stereocenters. The van der Waals surface area contributed by atoms with Crippen LogP contribution in [0.15, 0.2) is 35.1 Å². The van der Waals surface area contributed by atoms with E-state index in [0.717, 1.165) is 6.08 Å². The van der Waals surface area contributed by atoms with Crippen LogP contribution in [0.5, 0.6) is 0 Å². The van der Waals surface area contributed by atoms with Gasteiger partial charge >= 0.3 is 11.9 Å². The lowest BCUT2D eigenvalue weighted by Crippen LogP contribution is -2.19. The monoisotopic (exact) mass is 311 g/mol. The SMILES string of the molecule is O=c1nc(/C=C/c2ccccc2[N+](=O)[O-])cc(C(F)(F)F)[nH]1. The zero-order valence-corrected chi connectivity index (χ0v) is 10.8. The maximum Gasteiger partial charge on any atom is 0.431 e. The molecule has 114 valence electrons. The molecular formula is C13H8F3N3O3. The molecule has 2 aromatic rings. The largest absolute Gasteiger partial charge is 0.431 e. The Kier molecular flexibility index (Phi) is 4.06. The minimum Gasteiger partial charge on any atom is -0.302 e. The Bertz CT molecular complexity index is 797.